The molecule has 2 nitrogen and oxygen atoms in total. The first kappa shape index (κ1) is 14.6. The summed E-state index contributed by atoms with van der Waals surface area (Å²) < 4.78 is 12.9. The van der Waals surface area contributed by atoms with Crippen molar-refractivity contribution in [3.63, 3.8) is 0 Å². The molecular formula is C18H30O2. The first-order chi connectivity index (χ1) is 9.83. The Balaban J connectivity index is 1.78. The largest absolute Gasteiger partial charge is 0.371 e. The Morgan fingerprint density at radius 2 is 2.15 bits per heavy atom. The van der Waals surface area contributed by atoms with Gasteiger partial charge in [-0.25, -0.2) is 0 Å². The molecule has 1 heterocycles. The molecule has 0 N–H and O–H groups in total. The summed E-state index contributed by atoms with van der Waals surface area (Å²) in [5, 5.41) is 0. The molecule has 3 rings (SSSR count). The molecule has 114 valence electrons. The summed E-state index contributed by atoms with van der Waals surface area (Å²) >= 11 is 0. The number of rotatable bonds is 6. The molecule has 0 bridgehead atoms. The summed E-state index contributed by atoms with van der Waals surface area (Å²) in [5.74, 6) is 0.733. The molecule has 3 aliphatic rings. The zero-order valence-electron chi connectivity index (χ0n) is 13.0. The smallest absolute Gasteiger partial charge is 0.115 e. The molecule has 20 heavy (non-hydrogen) atoms. The van der Waals surface area contributed by atoms with E-state index in [4.69, 9.17) is 9.47 Å². The Hall–Kier alpha value is -0.340. The molecule has 0 aromatic rings. The Bertz CT molecular complexity index is 339. The van der Waals surface area contributed by atoms with Gasteiger partial charge in [-0.2, -0.15) is 0 Å². The second-order valence-corrected chi connectivity index (χ2v) is 6.86. The standard InChI is InChI=1S/C18H30O2/c1-2-3-7-14-19-17(11-5-4-6-12-17)18-13-8-9-16(18)10-15-20-18/h5,11,16H,2-4,6-10,12-15H2,1H3. The highest BCUT2D eigenvalue weighted by Crippen LogP contribution is 2.55. The fraction of sp³-hybridized carbons (Fsp3) is 0.889. The van der Waals surface area contributed by atoms with Gasteiger partial charge in [0.2, 0.25) is 0 Å². The minimum atomic E-state index is -0.114. The van der Waals surface area contributed by atoms with Crippen LogP contribution < -0.4 is 0 Å². The maximum atomic E-state index is 6.55. The second kappa shape index (κ2) is 6.19. The number of hydrogen-bond donors (Lipinski definition) is 0. The summed E-state index contributed by atoms with van der Waals surface area (Å²) in [4.78, 5) is 0. The van der Waals surface area contributed by atoms with Crippen LogP contribution in [0.25, 0.3) is 0 Å². The lowest BCUT2D eigenvalue weighted by Crippen LogP contribution is -2.56. The van der Waals surface area contributed by atoms with Crippen LogP contribution in [0.15, 0.2) is 12.2 Å². The summed E-state index contributed by atoms with van der Waals surface area (Å²) in [7, 11) is 0. The van der Waals surface area contributed by atoms with Crippen molar-refractivity contribution in [2.75, 3.05) is 13.2 Å². The molecule has 0 amide bonds. The lowest BCUT2D eigenvalue weighted by Gasteiger charge is -2.48. The molecule has 2 heteroatoms. The van der Waals surface area contributed by atoms with Crippen molar-refractivity contribution in [3.8, 4) is 0 Å². The van der Waals surface area contributed by atoms with Gasteiger partial charge in [-0.3, -0.25) is 0 Å². The zero-order valence-corrected chi connectivity index (χ0v) is 13.0. The fourth-order valence-corrected chi connectivity index (χ4v) is 4.72. The third-order valence-corrected chi connectivity index (χ3v) is 5.72. The van der Waals surface area contributed by atoms with Crippen molar-refractivity contribution >= 4 is 0 Å². The van der Waals surface area contributed by atoms with Crippen LogP contribution in [0.4, 0.5) is 0 Å². The predicted octanol–water partition coefficient (Wildman–Crippen LogP) is 4.63. The maximum Gasteiger partial charge on any atom is 0.115 e. The van der Waals surface area contributed by atoms with Crippen molar-refractivity contribution in [2.24, 2.45) is 5.92 Å². The molecule has 0 radical (unpaired) electrons. The number of hydrogen-bond acceptors (Lipinski definition) is 2. The van der Waals surface area contributed by atoms with E-state index in [1.807, 2.05) is 0 Å². The number of fused-ring (bicyclic) bond motifs is 1. The third kappa shape index (κ3) is 2.35. The van der Waals surface area contributed by atoms with E-state index in [-0.39, 0.29) is 11.2 Å². The van der Waals surface area contributed by atoms with Gasteiger partial charge in [-0.05, 0) is 50.9 Å². The topological polar surface area (TPSA) is 18.5 Å². The molecule has 3 atom stereocenters. The van der Waals surface area contributed by atoms with Crippen molar-refractivity contribution < 1.29 is 9.47 Å². The highest BCUT2D eigenvalue weighted by atomic mass is 16.6. The molecule has 3 unspecified atom stereocenters. The summed E-state index contributed by atoms with van der Waals surface area (Å²) in [5.41, 5.74) is -0.104. The van der Waals surface area contributed by atoms with Crippen LogP contribution >= 0.6 is 0 Å². The van der Waals surface area contributed by atoms with E-state index in [0.29, 0.717) is 0 Å². The molecule has 2 aliphatic carbocycles. The fourth-order valence-electron chi connectivity index (χ4n) is 4.72. The van der Waals surface area contributed by atoms with Gasteiger partial charge in [0.1, 0.15) is 11.2 Å². The monoisotopic (exact) mass is 278 g/mol. The van der Waals surface area contributed by atoms with Crippen molar-refractivity contribution in [1.29, 1.82) is 0 Å². The lowest BCUT2D eigenvalue weighted by atomic mass is 9.71. The molecule has 1 aliphatic heterocycles. The van der Waals surface area contributed by atoms with E-state index in [9.17, 15) is 0 Å². The first-order valence-corrected chi connectivity index (χ1v) is 8.79. The minimum Gasteiger partial charge on any atom is -0.371 e. The third-order valence-electron chi connectivity index (χ3n) is 5.72. The SMILES string of the molecule is CCCCCOC1(C23CCCC2CCO3)C=CCCC1. The van der Waals surface area contributed by atoms with Crippen LogP contribution in [-0.2, 0) is 9.47 Å². The van der Waals surface area contributed by atoms with E-state index in [1.165, 1.54) is 57.8 Å². The van der Waals surface area contributed by atoms with Crippen molar-refractivity contribution in [1.82, 2.24) is 0 Å². The Kier molecular flexibility index (Phi) is 4.52. The summed E-state index contributed by atoms with van der Waals surface area (Å²) in [6, 6.07) is 0. The van der Waals surface area contributed by atoms with Gasteiger partial charge in [0.05, 0.1) is 0 Å². The van der Waals surface area contributed by atoms with Crippen LogP contribution in [0, 0.1) is 5.92 Å². The molecule has 1 saturated carbocycles. The lowest BCUT2D eigenvalue weighted by molar-refractivity contribution is -0.179. The highest BCUT2D eigenvalue weighted by Gasteiger charge is 2.60. The molecule has 0 spiro atoms. The Morgan fingerprint density at radius 3 is 2.95 bits per heavy atom. The van der Waals surface area contributed by atoms with Gasteiger partial charge in [-0.1, -0.05) is 38.3 Å². The predicted molar refractivity (Wildman–Crippen MR) is 81.8 cm³/mol. The van der Waals surface area contributed by atoms with Gasteiger partial charge < -0.3 is 9.47 Å². The van der Waals surface area contributed by atoms with Gasteiger partial charge in [0.15, 0.2) is 0 Å². The first-order valence-electron chi connectivity index (χ1n) is 8.79. The molecule has 1 saturated heterocycles. The molecule has 0 aromatic carbocycles. The highest BCUT2D eigenvalue weighted by molar-refractivity contribution is 5.21. The Labute approximate surface area is 123 Å². The van der Waals surface area contributed by atoms with E-state index >= 15 is 0 Å². The summed E-state index contributed by atoms with van der Waals surface area (Å²) in [6.45, 7) is 4.09. The van der Waals surface area contributed by atoms with E-state index in [1.54, 1.807) is 0 Å². The molecule has 2 fully saturated rings. The van der Waals surface area contributed by atoms with E-state index in [0.717, 1.165) is 25.6 Å². The summed E-state index contributed by atoms with van der Waals surface area (Å²) in [6.07, 6.45) is 17.2. The second-order valence-electron chi connectivity index (χ2n) is 6.86. The van der Waals surface area contributed by atoms with Gasteiger partial charge >= 0.3 is 0 Å². The van der Waals surface area contributed by atoms with E-state index < -0.39 is 0 Å². The number of unbranched alkanes of at least 4 members (excludes halogenated alkanes) is 2. The number of ether oxygens (including phenoxy) is 2. The molecular weight excluding hydrogens is 248 g/mol. The Morgan fingerprint density at radius 1 is 1.20 bits per heavy atom. The average molecular weight is 278 g/mol. The zero-order chi connectivity index (χ0) is 13.9. The average Bonchev–Trinajstić information content (AvgIpc) is 3.05. The van der Waals surface area contributed by atoms with Crippen molar-refractivity contribution in [2.45, 2.75) is 82.3 Å². The van der Waals surface area contributed by atoms with Gasteiger partial charge in [-0.15, -0.1) is 0 Å². The van der Waals surface area contributed by atoms with Crippen LogP contribution in [0.5, 0.6) is 0 Å². The van der Waals surface area contributed by atoms with Gasteiger partial charge in [0.25, 0.3) is 0 Å². The van der Waals surface area contributed by atoms with Crippen LogP contribution in [0.3, 0.4) is 0 Å². The van der Waals surface area contributed by atoms with Crippen molar-refractivity contribution in [3.05, 3.63) is 12.2 Å². The minimum absolute atomic E-state index is 0.0101. The van der Waals surface area contributed by atoms with E-state index in [2.05, 4.69) is 19.1 Å². The molecule has 0 aromatic heterocycles. The normalized spacial score (nSPS) is 40.1. The number of allylic oxidation sites excluding steroid dienone is 1. The van der Waals surface area contributed by atoms with Gasteiger partial charge in [0, 0.05) is 13.2 Å². The quantitative estimate of drug-likeness (QED) is 0.521. The van der Waals surface area contributed by atoms with Crippen LogP contribution in [0.2, 0.25) is 0 Å². The van der Waals surface area contributed by atoms with Crippen LogP contribution in [0.1, 0.15) is 71.1 Å². The van der Waals surface area contributed by atoms with Crippen LogP contribution in [-0.4, -0.2) is 24.4 Å². The maximum absolute atomic E-state index is 6.55.